The lowest BCUT2D eigenvalue weighted by molar-refractivity contribution is 0.0696. The van der Waals surface area contributed by atoms with E-state index < -0.39 is 11.5 Å². The number of rotatable bonds is 3. The zero-order chi connectivity index (χ0) is 13.3. The van der Waals surface area contributed by atoms with Gasteiger partial charge in [-0.3, -0.25) is 15.0 Å². The molecule has 0 saturated carbocycles. The molecule has 1 aromatic heterocycles. The number of hydrogen-bond acceptors (Lipinski definition) is 3. The molecule has 7 heteroatoms. The second-order valence-electron chi connectivity index (χ2n) is 3.48. The first kappa shape index (κ1) is 12.3. The highest BCUT2D eigenvalue weighted by Crippen LogP contribution is 2.30. The summed E-state index contributed by atoms with van der Waals surface area (Å²) >= 11 is 6.02. The maximum atomic E-state index is 11.4. The summed E-state index contributed by atoms with van der Waals surface area (Å²) in [6.45, 7) is 0. The minimum Gasteiger partial charge on any atom is -0.497 e. The van der Waals surface area contributed by atoms with Gasteiger partial charge in [0.1, 0.15) is 5.75 Å². The van der Waals surface area contributed by atoms with Gasteiger partial charge in [0.2, 0.25) is 0 Å². The van der Waals surface area contributed by atoms with Crippen molar-refractivity contribution in [2.75, 3.05) is 7.11 Å². The molecule has 6 nitrogen and oxygen atoms in total. The van der Waals surface area contributed by atoms with Gasteiger partial charge >= 0.3 is 5.97 Å². The summed E-state index contributed by atoms with van der Waals surface area (Å²) in [5, 5.41) is 14.0. The summed E-state index contributed by atoms with van der Waals surface area (Å²) < 4.78 is 4.99. The molecule has 0 saturated heterocycles. The van der Waals surface area contributed by atoms with Crippen LogP contribution in [0.25, 0.3) is 11.3 Å². The Kier molecular flexibility index (Phi) is 3.12. The fourth-order valence-corrected chi connectivity index (χ4v) is 1.85. The third-order valence-electron chi connectivity index (χ3n) is 2.44. The van der Waals surface area contributed by atoms with Crippen molar-refractivity contribution in [1.82, 2.24) is 10.2 Å². The third kappa shape index (κ3) is 1.98. The lowest BCUT2D eigenvalue weighted by Gasteiger charge is -2.05. The Morgan fingerprint density at radius 2 is 2.11 bits per heavy atom. The molecule has 94 valence electrons. The highest BCUT2D eigenvalue weighted by molar-refractivity contribution is 6.33. The van der Waals surface area contributed by atoms with Crippen molar-refractivity contribution in [3.63, 3.8) is 0 Å². The van der Waals surface area contributed by atoms with E-state index in [1.807, 2.05) is 0 Å². The molecule has 0 aliphatic carbocycles. The van der Waals surface area contributed by atoms with Crippen LogP contribution < -0.4 is 10.3 Å². The standard InChI is InChI=1S/C11H9ClN2O4/c1-18-5-2-3-6(7(12)4-5)9-8(11(16)17)10(15)14-13-9/h2-4H,1H3,(H,16,17)(H2,13,14,15). The van der Waals surface area contributed by atoms with Crippen molar-refractivity contribution in [2.45, 2.75) is 0 Å². The van der Waals surface area contributed by atoms with E-state index >= 15 is 0 Å². The normalized spacial score (nSPS) is 10.3. The molecule has 0 aliphatic rings. The zero-order valence-corrected chi connectivity index (χ0v) is 10.0. The molecule has 0 amide bonds. The summed E-state index contributed by atoms with van der Waals surface area (Å²) in [6.07, 6.45) is 0. The number of ether oxygens (including phenoxy) is 1. The number of halogens is 1. The second kappa shape index (κ2) is 4.58. The van der Waals surface area contributed by atoms with Crippen LogP contribution in [0.1, 0.15) is 10.4 Å². The molecular formula is C11H9ClN2O4. The van der Waals surface area contributed by atoms with E-state index in [-0.39, 0.29) is 16.3 Å². The first-order chi connectivity index (χ1) is 8.54. The van der Waals surface area contributed by atoms with Crippen LogP contribution in [0.5, 0.6) is 5.75 Å². The van der Waals surface area contributed by atoms with Gasteiger partial charge in [-0.2, -0.15) is 0 Å². The molecule has 18 heavy (non-hydrogen) atoms. The number of hydrogen-bond donors (Lipinski definition) is 3. The molecule has 0 bridgehead atoms. The molecule has 1 heterocycles. The fraction of sp³-hybridized carbons (Fsp3) is 0.0909. The van der Waals surface area contributed by atoms with Gasteiger partial charge in [0.05, 0.1) is 17.8 Å². The number of H-pyrrole nitrogens is 2. The van der Waals surface area contributed by atoms with Crippen molar-refractivity contribution in [2.24, 2.45) is 0 Å². The van der Waals surface area contributed by atoms with Gasteiger partial charge in [-0.15, -0.1) is 0 Å². The Morgan fingerprint density at radius 3 is 2.67 bits per heavy atom. The Bertz CT molecular complexity index is 659. The smallest absolute Gasteiger partial charge is 0.343 e. The second-order valence-corrected chi connectivity index (χ2v) is 3.89. The van der Waals surface area contributed by atoms with Crippen LogP contribution in [0.15, 0.2) is 23.0 Å². The van der Waals surface area contributed by atoms with E-state index in [1.54, 1.807) is 12.1 Å². The first-order valence-corrected chi connectivity index (χ1v) is 5.30. The highest BCUT2D eigenvalue weighted by atomic mass is 35.5. The average Bonchev–Trinajstić information content (AvgIpc) is 2.70. The number of aromatic amines is 2. The Hall–Kier alpha value is -2.21. The van der Waals surface area contributed by atoms with Crippen molar-refractivity contribution in [1.29, 1.82) is 0 Å². The van der Waals surface area contributed by atoms with Crippen molar-refractivity contribution in [3.05, 3.63) is 39.1 Å². The number of methoxy groups -OCH3 is 1. The largest absolute Gasteiger partial charge is 0.497 e. The van der Waals surface area contributed by atoms with Crippen molar-refractivity contribution in [3.8, 4) is 17.0 Å². The van der Waals surface area contributed by atoms with Crippen LogP contribution in [0.3, 0.4) is 0 Å². The van der Waals surface area contributed by atoms with Gasteiger partial charge in [0.25, 0.3) is 5.56 Å². The molecule has 1 aromatic carbocycles. The van der Waals surface area contributed by atoms with Gasteiger partial charge in [-0.25, -0.2) is 4.79 Å². The van der Waals surface area contributed by atoms with Crippen LogP contribution in [-0.2, 0) is 0 Å². The predicted molar refractivity (Wildman–Crippen MR) is 65.4 cm³/mol. The summed E-state index contributed by atoms with van der Waals surface area (Å²) in [5.41, 5.74) is -0.528. The van der Waals surface area contributed by atoms with Crippen molar-refractivity contribution < 1.29 is 14.6 Å². The highest BCUT2D eigenvalue weighted by Gasteiger charge is 2.20. The lowest BCUT2D eigenvalue weighted by Crippen LogP contribution is -2.12. The number of carboxylic acids is 1. The monoisotopic (exact) mass is 268 g/mol. The molecular weight excluding hydrogens is 260 g/mol. The van der Waals surface area contributed by atoms with Gasteiger partial charge in [0, 0.05) is 5.56 Å². The van der Waals surface area contributed by atoms with E-state index in [2.05, 4.69) is 10.2 Å². The predicted octanol–water partition coefficient (Wildman–Crippen LogP) is 1.73. The van der Waals surface area contributed by atoms with E-state index in [9.17, 15) is 9.59 Å². The molecule has 0 spiro atoms. The Balaban J connectivity index is 2.63. The molecule has 0 atom stereocenters. The zero-order valence-electron chi connectivity index (χ0n) is 9.28. The third-order valence-corrected chi connectivity index (χ3v) is 2.75. The van der Waals surface area contributed by atoms with Gasteiger partial charge in [0.15, 0.2) is 5.56 Å². The lowest BCUT2D eigenvalue weighted by atomic mass is 10.1. The number of nitrogens with one attached hydrogen (secondary N) is 2. The molecule has 2 rings (SSSR count). The van der Waals surface area contributed by atoms with Crippen LogP contribution in [0.2, 0.25) is 5.02 Å². The van der Waals surface area contributed by atoms with Crippen LogP contribution in [0, 0.1) is 0 Å². The van der Waals surface area contributed by atoms with Gasteiger partial charge < -0.3 is 9.84 Å². The molecule has 0 radical (unpaired) electrons. The van der Waals surface area contributed by atoms with Gasteiger partial charge in [-0.05, 0) is 18.2 Å². The van der Waals surface area contributed by atoms with E-state index in [4.69, 9.17) is 21.4 Å². The van der Waals surface area contributed by atoms with E-state index in [0.29, 0.717) is 11.3 Å². The van der Waals surface area contributed by atoms with E-state index in [1.165, 1.54) is 13.2 Å². The Morgan fingerprint density at radius 1 is 1.39 bits per heavy atom. The maximum Gasteiger partial charge on any atom is 0.343 e. The van der Waals surface area contributed by atoms with Gasteiger partial charge in [-0.1, -0.05) is 11.6 Å². The maximum absolute atomic E-state index is 11.4. The van der Waals surface area contributed by atoms with Crippen molar-refractivity contribution >= 4 is 17.6 Å². The number of carboxylic acid groups (broad SMARTS) is 1. The van der Waals surface area contributed by atoms with E-state index in [0.717, 1.165) is 0 Å². The molecule has 0 unspecified atom stereocenters. The molecule has 0 aliphatic heterocycles. The van der Waals surface area contributed by atoms with Crippen LogP contribution in [0.4, 0.5) is 0 Å². The summed E-state index contributed by atoms with van der Waals surface area (Å²) in [6, 6.07) is 4.73. The summed E-state index contributed by atoms with van der Waals surface area (Å²) in [4.78, 5) is 22.4. The number of aromatic nitrogens is 2. The molecule has 0 fully saturated rings. The van der Waals surface area contributed by atoms with Crippen LogP contribution in [-0.4, -0.2) is 28.4 Å². The minimum atomic E-state index is -1.32. The fourth-order valence-electron chi connectivity index (χ4n) is 1.59. The number of benzene rings is 1. The molecule has 3 N–H and O–H groups in total. The summed E-state index contributed by atoms with van der Waals surface area (Å²) in [5.74, 6) is -0.780. The quantitative estimate of drug-likeness (QED) is 0.790. The topological polar surface area (TPSA) is 95.2 Å². The molecule has 2 aromatic rings. The average molecular weight is 269 g/mol. The Labute approximate surface area is 106 Å². The minimum absolute atomic E-state index is 0.139. The first-order valence-electron chi connectivity index (χ1n) is 4.92. The SMILES string of the molecule is COc1ccc(-c2[nH][nH]c(=O)c2C(=O)O)c(Cl)c1. The summed E-state index contributed by atoms with van der Waals surface area (Å²) in [7, 11) is 1.49. The number of aromatic carboxylic acids is 1. The number of carbonyl (C=O) groups is 1. The van der Waals surface area contributed by atoms with Crippen LogP contribution >= 0.6 is 11.6 Å².